The minimum absolute atomic E-state index is 0.0510. The van der Waals surface area contributed by atoms with Gasteiger partial charge in [0.1, 0.15) is 6.61 Å². The number of unbranched alkanes of at least 4 members (excludes halogenated alkanes) is 19. The van der Waals surface area contributed by atoms with E-state index in [0.29, 0.717) is 19.3 Å². The first-order chi connectivity index (χ1) is 29.1. The molecule has 0 amide bonds. The summed E-state index contributed by atoms with van der Waals surface area (Å²) in [5.41, 5.74) is 0. The number of quaternary nitrogens is 1. The van der Waals surface area contributed by atoms with Crippen molar-refractivity contribution < 1.29 is 38.2 Å². The predicted octanol–water partition coefficient (Wildman–Crippen LogP) is 13.8. The Kier molecular flexibility index (Phi) is 40.6. The zero-order valence-corrected chi connectivity index (χ0v) is 39.4. The van der Waals surface area contributed by atoms with E-state index in [1.54, 1.807) is 0 Å². The maximum Gasteiger partial charge on any atom is 0.362 e. The van der Waals surface area contributed by atoms with E-state index in [4.69, 9.17) is 14.2 Å². The van der Waals surface area contributed by atoms with Gasteiger partial charge in [-0.3, -0.25) is 9.59 Å². The molecule has 8 heteroatoms. The highest BCUT2D eigenvalue weighted by molar-refractivity contribution is 5.72. The molecule has 0 aliphatic heterocycles. The van der Waals surface area contributed by atoms with Gasteiger partial charge in [0.25, 0.3) is 0 Å². The van der Waals surface area contributed by atoms with Crippen molar-refractivity contribution >= 4 is 17.9 Å². The van der Waals surface area contributed by atoms with Crippen LogP contribution in [0, 0.1) is 0 Å². The molecule has 0 radical (unpaired) electrons. The van der Waals surface area contributed by atoms with Gasteiger partial charge in [-0.2, -0.15) is 0 Å². The summed E-state index contributed by atoms with van der Waals surface area (Å²) in [5, 5.41) is 9.64. The van der Waals surface area contributed by atoms with Crippen LogP contribution in [0.1, 0.15) is 200 Å². The molecule has 2 unspecified atom stereocenters. The zero-order valence-electron chi connectivity index (χ0n) is 39.4. The highest BCUT2D eigenvalue weighted by Crippen LogP contribution is 2.14. The lowest BCUT2D eigenvalue weighted by Gasteiger charge is -2.31. The van der Waals surface area contributed by atoms with E-state index in [-0.39, 0.29) is 36.2 Å². The lowest BCUT2D eigenvalue weighted by atomic mass is 10.1. The molecular weight excluding hydrogens is 751 g/mol. The number of aliphatic carboxylic acids is 1. The van der Waals surface area contributed by atoms with E-state index in [2.05, 4.69) is 74.6 Å². The van der Waals surface area contributed by atoms with Crippen LogP contribution in [0.5, 0.6) is 0 Å². The number of hydrogen-bond acceptors (Lipinski definition) is 6. The molecule has 0 saturated heterocycles. The maximum atomic E-state index is 12.7. The third-order valence-corrected chi connectivity index (χ3v) is 10.7. The fraction of sp³-hybridized carbons (Fsp3) is 0.750. The van der Waals surface area contributed by atoms with Crippen molar-refractivity contribution in [3.05, 3.63) is 60.8 Å². The lowest BCUT2D eigenvalue weighted by Crippen LogP contribution is -2.50. The minimum Gasteiger partial charge on any atom is -0.477 e. The number of hydrogen-bond donors (Lipinski definition) is 1. The van der Waals surface area contributed by atoms with Crippen LogP contribution < -0.4 is 0 Å². The molecule has 0 heterocycles. The second kappa shape index (κ2) is 42.7. The Labute approximate surface area is 368 Å². The average molecular weight is 843 g/mol. The molecule has 0 saturated carbocycles. The Morgan fingerprint density at radius 2 is 0.933 bits per heavy atom. The quantitative estimate of drug-likeness (QED) is 0.0282. The molecule has 1 N–H and O–H groups in total. The van der Waals surface area contributed by atoms with Crippen molar-refractivity contribution in [2.24, 2.45) is 0 Å². The summed E-state index contributed by atoms with van der Waals surface area (Å²) in [6, 6.07) is -0.621. The fourth-order valence-electron chi connectivity index (χ4n) is 6.90. The number of carbonyl (C=O) groups excluding carboxylic acids is 2. The largest absolute Gasteiger partial charge is 0.477 e. The second-order valence-electron chi connectivity index (χ2n) is 17.3. The number of allylic oxidation sites excluding steroid dienone is 10. The topological polar surface area (TPSA) is 99.1 Å². The monoisotopic (exact) mass is 843 g/mol. The number of carboxylic acids is 1. The summed E-state index contributed by atoms with van der Waals surface area (Å²) in [6.45, 7) is 4.60. The number of carboxylic acid groups (broad SMARTS) is 1. The summed E-state index contributed by atoms with van der Waals surface area (Å²) in [5.74, 6) is -1.50. The minimum atomic E-state index is -0.880. The van der Waals surface area contributed by atoms with E-state index in [9.17, 15) is 19.5 Å². The van der Waals surface area contributed by atoms with Crippen LogP contribution in [0.3, 0.4) is 0 Å². The molecule has 0 bridgehead atoms. The van der Waals surface area contributed by atoms with Gasteiger partial charge in [-0.1, -0.05) is 164 Å². The van der Waals surface area contributed by atoms with Crippen LogP contribution in [0.25, 0.3) is 0 Å². The van der Waals surface area contributed by atoms with Crippen LogP contribution in [-0.2, 0) is 28.6 Å². The Morgan fingerprint density at radius 3 is 1.38 bits per heavy atom. The SMILES string of the molecule is CC/C=C\C/C=C\C/C=C\CCCCCCCC(=O)OC(COCCC(C(=O)O)[N+](C)(C)C)COC(=O)CCCCCCCCCCC/C=C\C/C=C\CCCCCCC. The van der Waals surface area contributed by atoms with Crippen LogP contribution in [0.2, 0.25) is 0 Å². The molecule has 0 aromatic carbocycles. The molecule has 0 rings (SSSR count). The highest BCUT2D eigenvalue weighted by atomic mass is 16.6. The summed E-state index contributed by atoms with van der Waals surface area (Å²) >= 11 is 0. The molecular formula is C52H92NO7+. The van der Waals surface area contributed by atoms with E-state index >= 15 is 0 Å². The van der Waals surface area contributed by atoms with E-state index < -0.39 is 18.1 Å². The Balaban J connectivity index is 4.28. The number of nitrogens with zero attached hydrogens (tertiary/aromatic N) is 1. The van der Waals surface area contributed by atoms with Gasteiger partial charge in [0, 0.05) is 19.3 Å². The molecule has 346 valence electrons. The first kappa shape index (κ1) is 57.0. The van der Waals surface area contributed by atoms with Crippen LogP contribution >= 0.6 is 0 Å². The third-order valence-electron chi connectivity index (χ3n) is 10.7. The summed E-state index contributed by atoms with van der Waals surface area (Å²) in [4.78, 5) is 37.1. The van der Waals surface area contributed by atoms with Gasteiger partial charge in [0.05, 0.1) is 34.4 Å². The first-order valence-corrected chi connectivity index (χ1v) is 24.3. The van der Waals surface area contributed by atoms with Crippen LogP contribution in [0.15, 0.2) is 60.8 Å². The first-order valence-electron chi connectivity index (χ1n) is 24.3. The van der Waals surface area contributed by atoms with E-state index in [1.165, 1.54) is 83.5 Å². The van der Waals surface area contributed by atoms with Crippen molar-refractivity contribution in [1.82, 2.24) is 0 Å². The van der Waals surface area contributed by atoms with E-state index in [0.717, 1.165) is 83.5 Å². The zero-order chi connectivity index (χ0) is 44.2. The van der Waals surface area contributed by atoms with E-state index in [1.807, 2.05) is 21.1 Å². The summed E-state index contributed by atoms with van der Waals surface area (Å²) < 4.78 is 17.3. The Hall–Kier alpha value is -2.97. The number of esters is 2. The van der Waals surface area contributed by atoms with Gasteiger partial charge >= 0.3 is 17.9 Å². The van der Waals surface area contributed by atoms with Gasteiger partial charge in [-0.05, 0) is 77.0 Å². The van der Waals surface area contributed by atoms with Crippen molar-refractivity contribution in [3.63, 3.8) is 0 Å². The molecule has 60 heavy (non-hydrogen) atoms. The molecule has 0 aromatic heterocycles. The van der Waals surface area contributed by atoms with Crippen molar-refractivity contribution in [2.75, 3.05) is 41.0 Å². The molecule has 0 fully saturated rings. The van der Waals surface area contributed by atoms with Gasteiger partial charge in [-0.15, -0.1) is 0 Å². The number of likely N-dealkylation sites (N-methyl/N-ethyl adjacent to an activating group) is 1. The van der Waals surface area contributed by atoms with Gasteiger partial charge in [0.2, 0.25) is 0 Å². The maximum absolute atomic E-state index is 12.7. The smallest absolute Gasteiger partial charge is 0.362 e. The van der Waals surface area contributed by atoms with Crippen molar-refractivity contribution in [1.29, 1.82) is 0 Å². The number of rotatable bonds is 43. The predicted molar refractivity (Wildman–Crippen MR) is 252 cm³/mol. The molecule has 0 spiro atoms. The van der Waals surface area contributed by atoms with Crippen LogP contribution in [-0.4, -0.2) is 80.6 Å². The number of ether oxygens (including phenoxy) is 3. The summed E-state index contributed by atoms with van der Waals surface area (Å²) in [6.07, 6.45) is 52.6. The van der Waals surface area contributed by atoms with Crippen molar-refractivity contribution in [3.8, 4) is 0 Å². The molecule has 0 aliphatic carbocycles. The summed E-state index contributed by atoms with van der Waals surface area (Å²) in [7, 11) is 5.52. The van der Waals surface area contributed by atoms with Gasteiger partial charge in [0.15, 0.2) is 12.1 Å². The van der Waals surface area contributed by atoms with Gasteiger partial charge < -0.3 is 23.8 Å². The number of carbonyl (C=O) groups is 3. The van der Waals surface area contributed by atoms with Crippen LogP contribution in [0.4, 0.5) is 0 Å². The highest BCUT2D eigenvalue weighted by Gasteiger charge is 2.31. The molecule has 0 aromatic rings. The normalized spacial score (nSPS) is 13.4. The van der Waals surface area contributed by atoms with Crippen molar-refractivity contribution in [2.45, 2.75) is 212 Å². The average Bonchev–Trinajstić information content (AvgIpc) is 3.21. The third kappa shape index (κ3) is 40.4. The standard InChI is InChI=1S/C52H91NO7/c1-6-8-10-12-14-16-18-20-22-23-24-25-26-27-29-30-32-34-36-38-40-42-50(54)59-47-48(46-58-45-44-49(52(56)57)53(3,4)5)60-51(55)43-41-39-37-35-33-31-28-21-19-17-15-13-11-9-7-2/h9,11,15,17-18,20-21,23-24,28,48-49H,6-8,10,12-14,16,19,22,25-27,29-47H2,1-5H3/p+1/b11-9-,17-15-,20-18-,24-23-,28-21-. The molecule has 0 aliphatic rings. The Bertz CT molecular complexity index is 1170. The van der Waals surface area contributed by atoms with Gasteiger partial charge in [-0.25, -0.2) is 4.79 Å². The fourth-order valence-corrected chi connectivity index (χ4v) is 6.90. The Morgan fingerprint density at radius 1 is 0.517 bits per heavy atom. The second-order valence-corrected chi connectivity index (χ2v) is 17.3. The lowest BCUT2D eigenvalue weighted by molar-refractivity contribution is -0.887. The molecule has 2 atom stereocenters. The molecule has 8 nitrogen and oxygen atoms in total.